The van der Waals surface area contributed by atoms with Gasteiger partial charge in [0.15, 0.2) is 0 Å². The van der Waals surface area contributed by atoms with Gasteiger partial charge in [0.1, 0.15) is 0 Å². The Morgan fingerprint density at radius 2 is 2.00 bits per heavy atom. The lowest BCUT2D eigenvalue weighted by atomic mass is 9.99. The van der Waals surface area contributed by atoms with Crippen LogP contribution in [0.15, 0.2) is 18.2 Å². The maximum atomic E-state index is 9.17. The molecule has 0 saturated carbocycles. The van der Waals surface area contributed by atoms with E-state index < -0.39 is 0 Å². The van der Waals surface area contributed by atoms with Crippen molar-refractivity contribution in [3.05, 3.63) is 34.9 Å². The van der Waals surface area contributed by atoms with Crippen LogP contribution in [0.3, 0.4) is 0 Å². The van der Waals surface area contributed by atoms with Crippen molar-refractivity contribution >= 4 is 0 Å². The fourth-order valence-electron chi connectivity index (χ4n) is 1.45. The van der Waals surface area contributed by atoms with Crippen LogP contribution in [-0.4, -0.2) is 11.2 Å². The van der Waals surface area contributed by atoms with Crippen LogP contribution in [0.5, 0.6) is 0 Å². The van der Waals surface area contributed by atoms with E-state index in [1.54, 1.807) is 0 Å². The van der Waals surface area contributed by atoms with E-state index in [-0.39, 0.29) is 6.10 Å². The molecule has 1 atom stereocenters. The zero-order valence-corrected chi connectivity index (χ0v) is 8.67. The van der Waals surface area contributed by atoms with Gasteiger partial charge < -0.3 is 5.11 Å². The van der Waals surface area contributed by atoms with Gasteiger partial charge in [-0.05, 0) is 50.3 Å². The van der Waals surface area contributed by atoms with E-state index in [0.717, 1.165) is 12.8 Å². The Hall–Kier alpha value is -0.820. The highest BCUT2D eigenvalue weighted by atomic mass is 16.3. The maximum Gasteiger partial charge on any atom is 0.0515 e. The average molecular weight is 178 g/mol. The van der Waals surface area contributed by atoms with Crippen molar-refractivity contribution in [1.82, 2.24) is 0 Å². The highest BCUT2D eigenvalue weighted by Crippen LogP contribution is 2.14. The molecule has 0 aliphatic rings. The third kappa shape index (κ3) is 2.85. The molecule has 1 N–H and O–H groups in total. The highest BCUT2D eigenvalue weighted by molar-refractivity contribution is 5.33. The molecule has 1 unspecified atom stereocenters. The van der Waals surface area contributed by atoms with Crippen molar-refractivity contribution in [2.24, 2.45) is 0 Å². The third-order valence-electron chi connectivity index (χ3n) is 2.55. The lowest BCUT2D eigenvalue weighted by Crippen LogP contribution is -2.02. The van der Waals surface area contributed by atoms with E-state index in [4.69, 9.17) is 0 Å². The number of benzene rings is 1. The van der Waals surface area contributed by atoms with Crippen LogP contribution in [-0.2, 0) is 6.42 Å². The van der Waals surface area contributed by atoms with Gasteiger partial charge in [-0.2, -0.15) is 0 Å². The third-order valence-corrected chi connectivity index (χ3v) is 2.55. The zero-order chi connectivity index (χ0) is 9.84. The highest BCUT2D eigenvalue weighted by Gasteiger charge is 2.02. The minimum absolute atomic E-state index is 0.195. The summed E-state index contributed by atoms with van der Waals surface area (Å²) in [5, 5.41) is 9.17. The summed E-state index contributed by atoms with van der Waals surface area (Å²) in [7, 11) is 0. The second-order valence-electron chi connectivity index (χ2n) is 3.75. The number of aryl methyl sites for hydroxylation is 2. The van der Waals surface area contributed by atoms with Crippen LogP contribution in [0.1, 0.15) is 30.0 Å². The Labute approximate surface area is 80.4 Å². The first-order valence-electron chi connectivity index (χ1n) is 4.84. The molecule has 1 aromatic rings. The molecule has 0 spiro atoms. The Balaban J connectivity index is 2.71. The molecule has 0 radical (unpaired) electrons. The first-order chi connectivity index (χ1) is 6.11. The van der Waals surface area contributed by atoms with Crippen LogP contribution >= 0.6 is 0 Å². The Bertz CT molecular complexity index is 276. The number of hydrogen-bond acceptors (Lipinski definition) is 1. The van der Waals surface area contributed by atoms with E-state index >= 15 is 0 Å². The molecular formula is C12H18O. The van der Waals surface area contributed by atoms with Crippen LogP contribution in [0.4, 0.5) is 0 Å². The normalized spacial score (nSPS) is 12.9. The van der Waals surface area contributed by atoms with E-state index in [0.29, 0.717) is 0 Å². The standard InChI is InChI=1S/C12H18O/c1-9-5-4-6-12(11(9)3)8-7-10(2)13/h4-6,10,13H,7-8H2,1-3H3. The first-order valence-corrected chi connectivity index (χ1v) is 4.84. The number of rotatable bonds is 3. The van der Waals surface area contributed by atoms with Gasteiger partial charge in [-0.15, -0.1) is 0 Å². The van der Waals surface area contributed by atoms with Gasteiger partial charge in [-0.3, -0.25) is 0 Å². The monoisotopic (exact) mass is 178 g/mol. The summed E-state index contributed by atoms with van der Waals surface area (Å²) in [4.78, 5) is 0. The van der Waals surface area contributed by atoms with E-state index in [2.05, 4.69) is 32.0 Å². The summed E-state index contributed by atoms with van der Waals surface area (Å²) >= 11 is 0. The molecule has 0 amide bonds. The minimum atomic E-state index is -0.195. The van der Waals surface area contributed by atoms with Gasteiger partial charge in [0, 0.05) is 0 Å². The molecule has 0 heterocycles. The topological polar surface area (TPSA) is 20.2 Å². The predicted molar refractivity (Wildman–Crippen MR) is 55.9 cm³/mol. The van der Waals surface area contributed by atoms with Crippen LogP contribution in [0, 0.1) is 13.8 Å². The van der Waals surface area contributed by atoms with Crippen molar-refractivity contribution in [2.45, 2.75) is 39.7 Å². The van der Waals surface area contributed by atoms with Crippen molar-refractivity contribution in [2.75, 3.05) is 0 Å². The van der Waals surface area contributed by atoms with E-state index in [1.807, 2.05) is 6.92 Å². The van der Waals surface area contributed by atoms with Gasteiger partial charge in [-0.1, -0.05) is 18.2 Å². The smallest absolute Gasteiger partial charge is 0.0515 e. The Kier molecular flexibility index (Phi) is 3.49. The van der Waals surface area contributed by atoms with Gasteiger partial charge in [0.25, 0.3) is 0 Å². The SMILES string of the molecule is Cc1cccc(CCC(C)O)c1C. The van der Waals surface area contributed by atoms with Crippen molar-refractivity contribution in [3.8, 4) is 0 Å². The van der Waals surface area contributed by atoms with Crippen LogP contribution in [0.2, 0.25) is 0 Å². The second kappa shape index (κ2) is 4.43. The summed E-state index contributed by atoms with van der Waals surface area (Å²) in [5.74, 6) is 0. The quantitative estimate of drug-likeness (QED) is 0.754. The molecule has 0 aliphatic heterocycles. The fraction of sp³-hybridized carbons (Fsp3) is 0.500. The fourth-order valence-corrected chi connectivity index (χ4v) is 1.45. The molecule has 1 rings (SSSR count). The Morgan fingerprint density at radius 3 is 2.62 bits per heavy atom. The molecule has 0 aliphatic carbocycles. The van der Waals surface area contributed by atoms with E-state index in [9.17, 15) is 5.11 Å². The molecular weight excluding hydrogens is 160 g/mol. The average Bonchev–Trinajstić information content (AvgIpc) is 2.07. The Morgan fingerprint density at radius 1 is 1.31 bits per heavy atom. The number of hydrogen-bond donors (Lipinski definition) is 1. The largest absolute Gasteiger partial charge is 0.393 e. The lowest BCUT2D eigenvalue weighted by molar-refractivity contribution is 0.185. The molecule has 0 bridgehead atoms. The van der Waals surface area contributed by atoms with Gasteiger partial charge >= 0.3 is 0 Å². The molecule has 72 valence electrons. The molecule has 0 fully saturated rings. The van der Waals surface area contributed by atoms with Gasteiger partial charge in [0.2, 0.25) is 0 Å². The number of aliphatic hydroxyl groups excluding tert-OH is 1. The molecule has 1 heteroatoms. The van der Waals surface area contributed by atoms with Gasteiger partial charge in [0.05, 0.1) is 6.10 Å². The van der Waals surface area contributed by atoms with Crippen molar-refractivity contribution < 1.29 is 5.11 Å². The molecule has 0 aromatic heterocycles. The summed E-state index contributed by atoms with van der Waals surface area (Å²) < 4.78 is 0. The zero-order valence-electron chi connectivity index (χ0n) is 8.67. The van der Waals surface area contributed by atoms with Gasteiger partial charge in [-0.25, -0.2) is 0 Å². The second-order valence-corrected chi connectivity index (χ2v) is 3.75. The van der Waals surface area contributed by atoms with Crippen molar-refractivity contribution in [3.63, 3.8) is 0 Å². The van der Waals surface area contributed by atoms with E-state index in [1.165, 1.54) is 16.7 Å². The summed E-state index contributed by atoms with van der Waals surface area (Å²) in [5.41, 5.74) is 4.06. The summed E-state index contributed by atoms with van der Waals surface area (Å²) in [6.07, 6.45) is 1.63. The van der Waals surface area contributed by atoms with Crippen molar-refractivity contribution in [1.29, 1.82) is 0 Å². The molecule has 0 saturated heterocycles. The molecule has 1 aromatic carbocycles. The summed E-state index contributed by atoms with van der Waals surface area (Å²) in [6.45, 7) is 6.11. The summed E-state index contributed by atoms with van der Waals surface area (Å²) in [6, 6.07) is 6.35. The minimum Gasteiger partial charge on any atom is -0.393 e. The number of aliphatic hydroxyl groups is 1. The maximum absolute atomic E-state index is 9.17. The lowest BCUT2D eigenvalue weighted by Gasteiger charge is -2.09. The molecule has 13 heavy (non-hydrogen) atoms. The first kappa shape index (κ1) is 10.3. The predicted octanol–water partition coefficient (Wildman–Crippen LogP) is 2.62. The van der Waals surface area contributed by atoms with Crippen LogP contribution < -0.4 is 0 Å². The van der Waals surface area contributed by atoms with Crippen LogP contribution in [0.25, 0.3) is 0 Å². The molecule has 1 nitrogen and oxygen atoms in total.